The molecule has 2 aliphatic rings. The molecule has 3 aromatic heterocycles. The molecule has 2 unspecified atom stereocenters. The monoisotopic (exact) mass is 367 g/mol. The van der Waals surface area contributed by atoms with Gasteiger partial charge in [0.25, 0.3) is 0 Å². The molecule has 8 nitrogen and oxygen atoms in total. The second-order valence-corrected chi connectivity index (χ2v) is 7.76. The Bertz CT molecular complexity index is 900. The van der Waals surface area contributed by atoms with Crippen LogP contribution in [0.3, 0.4) is 0 Å². The van der Waals surface area contributed by atoms with E-state index < -0.39 is 0 Å². The van der Waals surface area contributed by atoms with Crippen molar-refractivity contribution < 1.29 is 5.11 Å². The van der Waals surface area contributed by atoms with E-state index in [2.05, 4.69) is 34.6 Å². The van der Waals surface area contributed by atoms with Crippen molar-refractivity contribution in [1.29, 1.82) is 0 Å². The normalized spacial score (nSPS) is 22.1. The highest BCUT2D eigenvalue weighted by Gasteiger charge is 2.30. The number of aliphatic hydroxyl groups is 1. The van der Waals surface area contributed by atoms with Crippen molar-refractivity contribution in [2.45, 2.75) is 44.1 Å². The zero-order valence-corrected chi connectivity index (χ0v) is 15.3. The summed E-state index contributed by atoms with van der Waals surface area (Å²) in [6, 6.07) is 2.10. The number of fused-ring (bicyclic) bond motifs is 1. The lowest BCUT2D eigenvalue weighted by atomic mass is 9.99. The quantitative estimate of drug-likeness (QED) is 0.718. The number of hydrogen-bond acceptors (Lipinski definition) is 6. The van der Waals surface area contributed by atoms with Crippen LogP contribution in [0.2, 0.25) is 0 Å². The second-order valence-electron chi connectivity index (χ2n) is 7.76. The van der Waals surface area contributed by atoms with Gasteiger partial charge in [0.2, 0.25) is 0 Å². The summed E-state index contributed by atoms with van der Waals surface area (Å²) in [4.78, 5) is 16.0. The summed E-state index contributed by atoms with van der Waals surface area (Å²) in [5.74, 6) is 1.83. The fraction of sp³-hybridized carbons (Fsp3) is 0.579. The largest absolute Gasteiger partial charge is 0.394 e. The summed E-state index contributed by atoms with van der Waals surface area (Å²) in [6.07, 6.45) is 11.2. The fourth-order valence-corrected chi connectivity index (χ4v) is 4.82. The molecule has 0 radical (unpaired) electrons. The number of aromatic amines is 1. The van der Waals surface area contributed by atoms with Crippen LogP contribution in [0, 0.1) is 5.92 Å². The average molecular weight is 367 g/mol. The molecule has 1 saturated heterocycles. The molecule has 0 aromatic carbocycles. The number of rotatable bonds is 5. The molecule has 8 heteroatoms. The number of aliphatic hydroxyl groups excluding tert-OH is 1. The Kier molecular flexibility index (Phi) is 4.27. The summed E-state index contributed by atoms with van der Waals surface area (Å²) in [6.45, 7) is 1.96. The number of hydrogen-bond donors (Lipinski definition) is 2. The zero-order chi connectivity index (χ0) is 18.2. The molecule has 2 atom stereocenters. The van der Waals surface area contributed by atoms with Gasteiger partial charge in [0.05, 0.1) is 19.0 Å². The van der Waals surface area contributed by atoms with E-state index in [1.165, 1.54) is 31.4 Å². The molecule has 1 aliphatic carbocycles. The van der Waals surface area contributed by atoms with E-state index in [-0.39, 0.29) is 12.6 Å². The summed E-state index contributed by atoms with van der Waals surface area (Å²) < 4.78 is 2.07. The van der Waals surface area contributed by atoms with Crippen LogP contribution in [0.25, 0.3) is 11.2 Å². The Morgan fingerprint density at radius 3 is 2.85 bits per heavy atom. The summed E-state index contributed by atoms with van der Waals surface area (Å²) in [5.41, 5.74) is 2.84. The van der Waals surface area contributed by atoms with Gasteiger partial charge < -0.3 is 14.6 Å². The van der Waals surface area contributed by atoms with Crippen LogP contribution < -0.4 is 4.90 Å². The summed E-state index contributed by atoms with van der Waals surface area (Å²) >= 11 is 0. The predicted molar refractivity (Wildman–Crippen MR) is 102 cm³/mol. The minimum Gasteiger partial charge on any atom is -0.394 e. The van der Waals surface area contributed by atoms with Crippen LogP contribution in [-0.4, -0.2) is 54.5 Å². The van der Waals surface area contributed by atoms with Crippen LogP contribution in [0.1, 0.15) is 49.8 Å². The summed E-state index contributed by atoms with van der Waals surface area (Å²) in [7, 11) is 0. The molecule has 142 valence electrons. The maximum Gasteiger partial charge on any atom is 0.165 e. The van der Waals surface area contributed by atoms with E-state index >= 15 is 0 Å². The lowest BCUT2D eigenvalue weighted by molar-refractivity contribution is 0.182. The first kappa shape index (κ1) is 16.7. The van der Waals surface area contributed by atoms with Crippen molar-refractivity contribution in [2.75, 3.05) is 24.6 Å². The SMILES string of the molecule is OCC(C1CCCC1)n1cnc2c(N3CCC(c4ccn[nH]4)C3)ncnc21. The Morgan fingerprint density at radius 2 is 2.07 bits per heavy atom. The molecule has 27 heavy (non-hydrogen) atoms. The van der Waals surface area contributed by atoms with Crippen LogP contribution in [-0.2, 0) is 0 Å². The number of imidazole rings is 1. The van der Waals surface area contributed by atoms with Crippen molar-refractivity contribution in [3.05, 3.63) is 30.6 Å². The fourth-order valence-electron chi connectivity index (χ4n) is 4.82. The van der Waals surface area contributed by atoms with Gasteiger partial charge in [-0.05, 0) is 31.2 Å². The maximum atomic E-state index is 10.0. The minimum atomic E-state index is 0.0524. The van der Waals surface area contributed by atoms with Crippen LogP contribution in [0.5, 0.6) is 0 Å². The highest BCUT2D eigenvalue weighted by Crippen LogP contribution is 2.37. The van der Waals surface area contributed by atoms with Crippen LogP contribution in [0.15, 0.2) is 24.9 Å². The molecule has 1 saturated carbocycles. The van der Waals surface area contributed by atoms with Crippen molar-refractivity contribution >= 4 is 17.0 Å². The standard InChI is InChI=1S/C19H25N7O/c27-10-16(13-3-1-2-4-13)26-12-22-17-18(20-11-21-19(17)26)25-8-6-14(9-25)15-5-7-23-24-15/h5,7,11-14,16,27H,1-4,6,8-10H2,(H,23,24). The predicted octanol–water partition coefficient (Wildman–Crippen LogP) is 2.27. The molecule has 2 fully saturated rings. The molecule has 3 aromatic rings. The maximum absolute atomic E-state index is 10.0. The third kappa shape index (κ3) is 2.88. The Hall–Kier alpha value is -2.48. The molecule has 5 rings (SSSR count). The van der Waals surface area contributed by atoms with Gasteiger partial charge in [0.15, 0.2) is 17.0 Å². The first-order valence-electron chi connectivity index (χ1n) is 9.87. The van der Waals surface area contributed by atoms with Gasteiger partial charge in [0.1, 0.15) is 6.33 Å². The number of nitrogens with one attached hydrogen (secondary N) is 1. The van der Waals surface area contributed by atoms with E-state index in [9.17, 15) is 5.11 Å². The Balaban J connectivity index is 1.45. The van der Waals surface area contributed by atoms with Crippen molar-refractivity contribution in [1.82, 2.24) is 29.7 Å². The van der Waals surface area contributed by atoms with Gasteiger partial charge in [-0.25, -0.2) is 15.0 Å². The van der Waals surface area contributed by atoms with Gasteiger partial charge in [-0.2, -0.15) is 5.10 Å². The van der Waals surface area contributed by atoms with E-state index in [1.54, 1.807) is 12.5 Å². The van der Waals surface area contributed by atoms with Gasteiger partial charge in [0, 0.05) is 30.9 Å². The second kappa shape index (κ2) is 6.92. The third-order valence-corrected chi connectivity index (χ3v) is 6.28. The Morgan fingerprint density at radius 1 is 1.19 bits per heavy atom. The van der Waals surface area contributed by atoms with Gasteiger partial charge in [-0.3, -0.25) is 5.10 Å². The lowest BCUT2D eigenvalue weighted by Crippen LogP contribution is -2.22. The van der Waals surface area contributed by atoms with Crippen molar-refractivity contribution in [3.8, 4) is 0 Å². The number of anilines is 1. The number of H-pyrrole nitrogens is 1. The average Bonchev–Trinajstić information content (AvgIpc) is 3.48. The van der Waals surface area contributed by atoms with Crippen molar-refractivity contribution in [2.24, 2.45) is 5.92 Å². The van der Waals surface area contributed by atoms with E-state index in [0.29, 0.717) is 11.8 Å². The topological polar surface area (TPSA) is 95.8 Å². The molecular formula is C19H25N7O. The van der Waals surface area contributed by atoms with Crippen molar-refractivity contribution in [3.63, 3.8) is 0 Å². The van der Waals surface area contributed by atoms with Crippen LogP contribution >= 0.6 is 0 Å². The molecular weight excluding hydrogens is 342 g/mol. The molecule has 2 N–H and O–H groups in total. The first-order chi connectivity index (χ1) is 13.3. The van der Waals surface area contributed by atoms with E-state index in [0.717, 1.165) is 36.5 Å². The van der Waals surface area contributed by atoms with E-state index in [4.69, 9.17) is 0 Å². The van der Waals surface area contributed by atoms with Gasteiger partial charge >= 0.3 is 0 Å². The number of nitrogens with zero attached hydrogens (tertiary/aromatic N) is 6. The molecule has 0 bridgehead atoms. The zero-order valence-electron chi connectivity index (χ0n) is 15.3. The molecule has 1 aliphatic heterocycles. The minimum absolute atomic E-state index is 0.0524. The highest BCUT2D eigenvalue weighted by molar-refractivity contribution is 5.83. The van der Waals surface area contributed by atoms with Crippen LogP contribution in [0.4, 0.5) is 5.82 Å². The number of aromatic nitrogens is 6. The van der Waals surface area contributed by atoms with E-state index in [1.807, 2.05) is 12.4 Å². The summed E-state index contributed by atoms with van der Waals surface area (Å²) in [5, 5.41) is 17.2. The molecule has 0 amide bonds. The third-order valence-electron chi connectivity index (χ3n) is 6.28. The molecule has 0 spiro atoms. The molecule has 4 heterocycles. The highest BCUT2D eigenvalue weighted by atomic mass is 16.3. The Labute approximate surface area is 157 Å². The van der Waals surface area contributed by atoms with Gasteiger partial charge in [-0.15, -0.1) is 0 Å². The van der Waals surface area contributed by atoms with Gasteiger partial charge in [-0.1, -0.05) is 12.8 Å². The first-order valence-corrected chi connectivity index (χ1v) is 9.87. The smallest absolute Gasteiger partial charge is 0.165 e. The lowest BCUT2D eigenvalue weighted by Gasteiger charge is -2.23.